The fourth-order valence-corrected chi connectivity index (χ4v) is 3.13. The van der Waals surface area contributed by atoms with E-state index in [1.54, 1.807) is 14.2 Å². The van der Waals surface area contributed by atoms with Crippen LogP contribution in [0.15, 0.2) is 16.6 Å². The van der Waals surface area contributed by atoms with Crippen LogP contribution in [0.25, 0.3) is 0 Å². The van der Waals surface area contributed by atoms with Crippen LogP contribution in [-0.4, -0.2) is 40.0 Å². The summed E-state index contributed by atoms with van der Waals surface area (Å²) in [6.07, 6.45) is 2.54. The quantitative estimate of drug-likeness (QED) is 0.782. The summed E-state index contributed by atoms with van der Waals surface area (Å²) in [7, 11) is 3.26. The molecular formula is C15H23BrN2O3. The molecule has 0 saturated carbocycles. The van der Waals surface area contributed by atoms with Gasteiger partial charge in [0.05, 0.1) is 20.3 Å². The number of methoxy groups -OCH3 is 2. The summed E-state index contributed by atoms with van der Waals surface area (Å²) in [5, 5.41) is 3.48. The molecular weight excluding hydrogens is 336 g/mol. The lowest BCUT2D eigenvalue weighted by Crippen LogP contribution is -2.34. The Kier molecular flexibility index (Phi) is 6.29. The average Bonchev–Trinajstić information content (AvgIpc) is 3.02. The second kappa shape index (κ2) is 7.98. The molecule has 1 saturated heterocycles. The molecule has 1 fully saturated rings. The molecule has 1 aromatic rings. The summed E-state index contributed by atoms with van der Waals surface area (Å²) in [4.78, 5) is 0. The van der Waals surface area contributed by atoms with E-state index in [4.69, 9.17) is 19.9 Å². The summed E-state index contributed by atoms with van der Waals surface area (Å²) in [6, 6.07) is 3.91. The number of hydrogen-bond acceptors (Lipinski definition) is 5. The van der Waals surface area contributed by atoms with Gasteiger partial charge in [-0.15, -0.1) is 0 Å². The normalized spacial score (nSPS) is 19.5. The first-order chi connectivity index (χ1) is 10.2. The molecule has 2 unspecified atom stereocenters. The van der Waals surface area contributed by atoms with Gasteiger partial charge in [-0.05, 0) is 30.5 Å². The molecule has 2 atom stereocenters. The van der Waals surface area contributed by atoms with E-state index in [1.165, 1.54) is 0 Å². The van der Waals surface area contributed by atoms with E-state index in [-0.39, 0.29) is 12.1 Å². The third-order valence-electron chi connectivity index (χ3n) is 3.73. The third-order valence-corrected chi connectivity index (χ3v) is 4.42. The van der Waals surface area contributed by atoms with E-state index >= 15 is 0 Å². The van der Waals surface area contributed by atoms with Crippen LogP contribution in [0.3, 0.4) is 0 Å². The van der Waals surface area contributed by atoms with Crippen LogP contribution in [0.5, 0.6) is 11.5 Å². The van der Waals surface area contributed by atoms with Gasteiger partial charge in [-0.1, -0.05) is 15.9 Å². The van der Waals surface area contributed by atoms with Gasteiger partial charge in [0, 0.05) is 30.2 Å². The van der Waals surface area contributed by atoms with E-state index in [0.717, 1.165) is 36.0 Å². The number of ether oxygens (including phenoxy) is 3. The van der Waals surface area contributed by atoms with E-state index in [9.17, 15) is 0 Å². The Morgan fingerprint density at radius 1 is 1.38 bits per heavy atom. The Bertz CT molecular complexity index is 464. The maximum atomic E-state index is 5.92. The molecule has 2 rings (SSSR count). The van der Waals surface area contributed by atoms with Gasteiger partial charge in [0.15, 0.2) is 11.5 Å². The molecule has 0 radical (unpaired) electrons. The van der Waals surface area contributed by atoms with Crippen LogP contribution in [0.1, 0.15) is 24.4 Å². The molecule has 1 aliphatic rings. The second-order valence-electron chi connectivity index (χ2n) is 5.06. The van der Waals surface area contributed by atoms with E-state index in [0.29, 0.717) is 18.0 Å². The van der Waals surface area contributed by atoms with Gasteiger partial charge in [-0.25, -0.2) is 0 Å². The lowest BCUT2D eigenvalue weighted by atomic mass is 10.1. The van der Waals surface area contributed by atoms with Crippen molar-refractivity contribution in [1.29, 1.82) is 0 Å². The highest BCUT2D eigenvalue weighted by Crippen LogP contribution is 2.35. The summed E-state index contributed by atoms with van der Waals surface area (Å²) in [6.45, 7) is 2.17. The van der Waals surface area contributed by atoms with Crippen LogP contribution in [0.4, 0.5) is 0 Å². The molecule has 0 bridgehead atoms. The van der Waals surface area contributed by atoms with Crippen molar-refractivity contribution >= 4 is 15.9 Å². The highest BCUT2D eigenvalue weighted by molar-refractivity contribution is 9.10. The van der Waals surface area contributed by atoms with Gasteiger partial charge in [0.2, 0.25) is 0 Å². The van der Waals surface area contributed by atoms with Crippen LogP contribution in [0, 0.1) is 0 Å². The van der Waals surface area contributed by atoms with Gasteiger partial charge >= 0.3 is 0 Å². The monoisotopic (exact) mass is 358 g/mol. The number of nitrogens with two attached hydrogens (primary N) is 1. The van der Waals surface area contributed by atoms with Gasteiger partial charge in [0.1, 0.15) is 0 Å². The summed E-state index contributed by atoms with van der Waals surface area (Å²) >= 11 is 3.58. The minimum atomic E-state index is 0.0448. The van der Waals surface area contributed by atoms with Crippen molar-refractivity contribution in [1.82, 2.24) is 5.32 Å². The summed E-state index contributed by atoms with van der Waals surface area (Å²) in [5.41, 5.74) is 6.99. The first-order valence-electron chi connectivity index (χ1n) is 7.16. The smallest absolute Gasteiger partial charge is 0.161 e. The van der Waals surface area contributed by atoms with Crippen molar-refractivity contribution in [2.45, 2.75) is 25.0 Å². The van der Waals surface area contributed by atoms with Gasteiger partial charge < -0.3 is 25.3 Å². The Hall–Kier alpha value is -0.820. The molecule has 0 spiro atoms. The molecule has 0 aliphatic carbocycles. The van der Waals surface area contributed by atoms with Crippen LogP contribution in [-0.2, 0) is 4.74 Å². The van der Waals surface area contributed by atoms with Crippen molar-refractivity contribution in [3.63, 3.8) is 0 Å². The number of hydrogen-bond donors (Lipinski definition) is 2. The Labute approximate surface area is 134 Å². The van der Waals surface area contributed by atoms with Crippen molar-refractivity contribution in [3.05, 3.63) is 22.2 Å². The number of nitrogens with one attached hydrogen (secondary N) is 1. The molecule has 118 valence electrons. The minimum absolute atomic E-state index is 0.0448. The van der Waals surface area contributed by atoms with E-state index < -0.39 is 0 Å². The largest absolute Gasteiger partial charge is 0.493 e. The molecule has 0 amide bonds. The molecule has 1 aliphatic heterocycles. The molecule has 6 heteroatoms. The van der Waals surface area contributed by atoms with Crippen molar-refractivity contribution in [2.24, 2.45) is 5.73 Å². The van der Waals surface area contributed by atoms with Gasteiger partial charge in [0.25, 0.3) is 0 Å². The van der Waals surface area contributed by atoms with Gasteiger partial charge in [-0.2, -0.15) is 0 Å². The number of benzene rings is 1. The average molecular weight is 359 g/mol. The molecule has 0 aromatic heterocycles. The van der Waals surface area contributed by atoms with Crippen LogP contribution < -0.4 is 20.5 Å². The van der Waals surface area contributed by atoms with Crippen LogP contribution >= 0.6 is 15.9 Å². The van der Waals surface area contributed by atoms with Gasteiger partial charge in [-0.3, -0.25) is 0 Å². The lowest BCUT2D eigenvalue weighted by molar-refractivity contribution is 0.107. The Morgan fingerprint density at radius 3 is 2.67 bits per heavy atom. The highest BCUT2D eigenvalue weighted by Gasteiger charge is 2.20. The van der Waals surface area contributed by atoms with Crippen molar-refractivity contribution in [2.75, 3.05) is 33.9 Å². The molecule has 21 heavy (non-hydrogen) atoms. The summed E-state index contributed by atoms with van der Waals surface area (Å²) in [5.74, 6) is 1.40. The minimum Gasteiger partial charge on any atom is -0.493 e. The van der Waals surface area contributed by atoms with Crippen molar-refractivity contribution < 1.29 is 14.2 Å². The molecule has 1 aromatic carbocycles. The van der Waals surface area contributed by atoms with Crippen molar-refractivity contribution in [3.8, 4) is 11.5 Å². The fourth-order valence-electron chi connectivity index (χ4n) is 2.54. The molecule has 5 nitrogen and oxygen atoms in total. The Morgan fingerprint density at radius 2 is 2.10 bits per heavy atom. The maximum Gasteiger partial charge on any atom is 0.161 e. The first-order valence-corrected chi connectivity index (χ1v) is 7.95. The molecule has 1 heterocycles. The van der Waals surface area contributed by atoms with E-state index in [1.807, 2.05) is 12.1 Å². The Balaban J connectivity index is 2.12. The number of rotatable bonds is 7. The maximum absolute atomic E-state index is 5.92. The zero-order chi connectivity index (χ0) is 15.2. The zero-order valence-electron chi connectivity index (χ0n) is 12.5. The highest BCUT2D eigenvalue weighted by atomic mass is 79.9. The SMILES string of the molecule is COc1cc(Br)c(C(CN)NCC2CCCO2)cc1OC. The summed E-state index contributed by atoms with van der Waals surface area (Å²) < 4.78 is 17.3. The predicted molar refractivity (Wildman–Crippen MR) is 86.0 cm³/mol. The standard InChI is InChI=1S/C15H23BrN2O3/c1-19-14-6-11(12(16)7-15(14)20-2)13(8-17)18-9-10-4-3-5-21-10/h6-7,10,13,18H,3-5,8-9,17H2,1-2H3. The zero-order valence-corrected chi connectivity index (χ0v) is 14.1. The second-order valence-corrected chi connectivity index (χ2v) is 5.91. The molecule has 3 N–H and O–H groups in total. The van der Waals surface area contributed by atoms with Crippen LogP contribution in [0.2, 0.25) is 0 Å². The third kappa shape index (κ3) is 4.10. The topological polar surface area (TPSA) is 65.7 Å². The predicted octanol–water partition coefficient (Wildman–Crippen LogP) is 2.23. The lowest BCUT2D eigenvalue weighted by Gasteiger charge is -2.22. The number of halogens is 1. The van der Waals surface area contributed by atoms with E-state index in [2.05, 4.69) is 21.2 Å². The fraction of sp³-hybridized carbons (Fsp3) is 0.600. The first kappa shape index (κ1) is 16.5.